The fourth-order valence-corrected chi connectivity index (χ4v) is 3.50. The highest BCUT2D eigenvalue weighted by Crippen LogP contribution is 2.30. The van der Waals surface area contributed by atoms with E-state index >= 15 is 0 Å². The van der Waals surface area contributed by atoms with Crippen molar-refractivity contribution < 1.29 is 9.53 Å². The number of benzene rings is 1. The second-order valence-electron chi connectivity index (χ2n) is 6.52. The predicted molar refractivity (Wildman–Crippen MR) is 90.4 cm³/mol. The Kier molecular flexibility index (Phi) is 6.13. The number of nitrogens with one attached hydrogen (secondary N) is 1. The summed E-state index contributed by atoms with van der Waals surface area (Å²) in [6.07, 6.45) is 4.84. The number of carbonyl (C=O) groups is 1. The summed E-state index contributed by atoms with van der Waals surface area (Å²) in [7, 11) is 1.60. The summed E-state index contributed by atoms with van der Waals surface area (Å²) < 4.78 is 5.29. The Morgan fingerprint density at radius 3 is 2.59 bits per heavy atom. The van der Waals surface area contributed by atoms with Crippen LogP contribution < -0.4 is 10.1 Å². The van der Waals surface area contributed by atoms with Crippen LogP contribution >= 0.6 is 11.6 Å². The minimum absolute atomic E-state index is 0.0272. The standard InChI is InChI=1S/C18H26ClNO2/c1-12(2)13-7-9-14(10-8-13)20-18(21)11-15-16(19)5-4-6-17(15)22-3/h4-6,12-14H,7-11H2,1-3H3,(H,20,21). The largest absolute Gasteiger partial charge is 0.496 e. The molecular formula is C18H26ClNO2. The van der Waals surface area contributed by atoms with E-state index in [4.69, 9.17) is 16.3 Å². The van der Waals surface area contributed by atoms with Crippen molar-refractivity contribution in [2.45, 2.75) is 52.0 Å². The smallest absolute Gasteiger partial charge is 0.224 e. The predicted octanol–water partition coefficient (Wildman–Crippen LogP) is 4.22. The number of rotatable bonds is 5. The third kappa shape index (κ3) is 4.39. The summed E-state index contributed by atoms with van der Waals surface area (Å²) in [4.78, 5) is 12.3. The Labute approximate surface area is 138 Å². The monoisotopic (exact) mass is 323 g/mol. The molecule has 0 spiro atoms. The van der Waals surface area contributed by atoms with E-state index in [9.17, 15) is 4.79 Å². The molecular weight excluding hydrogens is 298 g/mol. The molecule has 0 aromatic heterocycles. The third-order valence-corrected chi connectivity index (χ3v) is 5.07. The van der Waals surface area contributed by atoms with Crippen LogP contribution in [0.25, 0.3) is 0 Å². The lowest BCUT2D eigenvalue weighted by Gasteiger charge is -2.31. The first-order valence-electron chi connectivity index (χ1n) is 8.12. The van der Waals surface area contributed by atoms with Crippen LogP contribution in [0.5, 0.6) is 5.75 Å². The summed E-state index contributed by atoms with van der Waals surface area (Å²) >= 11 is 6.19. The maximum absolute atomic E-state index is 12.3. The zero-order chi connectivity index (χ0) is 16.1. The Balaban J connectivity index is 1.89. The van der Waals surface area contributed by atoms with Gasteiger partial charge in [0.1, 0.15) is 5.75 Å². The van der Waals surface area contributed by atoms with Gasteiger partial charge in [-0.15, -0.1) is 0 Å². The van der Waals surface area contributed by atoms with Crippen molar-refractivity contribution >= 4 is 17.5 Å². The Morgan fingerprint density at radius 2 is 2.00 bits per heavy atom. The molecule has 1 aromatic rings. The molecule has 0 heterocycles. The maximum Gasteiger partial charge on any atom is 0.224 e. The molecule has 122 valence electrons. The molecule has 1 amide bonds. The molecule has 0 saturated heterocycles. The lowest BCUT2D eigenvalue weighted by molar-refractivity contribution is -0.121. The van der Waals surface area contributed by atoms with Crippen molar-refractivity contribution in [2.24, 2.45) is 11.8 Å². The molecule has 1 N–H and O–H groups in total. The number of hydrogen-bond acceptors (Lipinski definition) is 2. The van der Waals surface area contributed by atoms with Gasteiger partial charge in [-0.2, -0.15) is 0 Å². The molecule has 1 fully saturated rings. The van der Waals surface area contributed by atoms with Crippen molar-refractivity contribution in [1.82, 2.24) is 5.32 Å². The zero-order valence-electron chi connectivity index (χ0n) is 13.7. The molecule has 1 aromatic carbocycles. The average molecular weight is 324 g/mol. The molecule has 1 saturated carbocycles. The van der Waals surface area contributed by atoms with E-state index in [1.807, 2.05) is 12.1 Å². The van der Waals surface area contributed by atoms with Gasteiger partial charge in [-0.05, 0) is 49.7 Å². The SMILES string of the molecule is COc1cccc(Cl)c1CC(=O)NC1CCC(C(C)C)CC1. The second-order valence-corrected chi connectivity index (χ2v) is 6.93. The summed E-state index contributed by atoms with van der Waals surface area (Å²) in [5.41, 5.74) is 0.764. The van der Waals surface area contributed by atoms with Crippen LogP contribution in [0.15, 0.2) is 18.2 Å². The fourth-order valence-electron chi connectivity index (χ4n) is 3.27. The number of hydrogen-bond donors (Lipinski definition) is 1. The Morgan fingerprint density at radius 1 is 1.32 bits per heavy atom. The summed E-state index contributed by atoms with van der Waals surface area (Å²) in [6, 6.07) is 5.76. The first kappa shape index (κ1) is 17.1. The van der Waals surface area contributed by atoms with E-state index in [0.717, 1.165) is 30.2 Å². The highest BCUT2D eigenvalue weighted by Gasteiger charge is 2.24. The van der Waals surface area contributed by atoms with E-state index < -0.39 is 0 Å². The van der Waals surface area contributed by atoms with Crippen molar-refractivity contribution in [3.05, 3.63) is 28.8 Å². The summed E-state index contributed by atoms with van der Waals surface area (Å²) in [5.74, 6) is 2.24. The maximum atomic E-state index is 12.3. The lowest BCUT2D eigenvalue weighted by Crippen LogP contribution is -2.39. The quantitative estimate of drug-likeness (QED) is 0.881. The highest BCUT2D eigenvalue weighted by atomic mass is 35.5. The Hall–Kier alpha value is -1.22. The van der Waals surface area contributed by atoms with Gasteiger partial charge in [0.25, 0.3) is 0 Å². The van der Waals surface area contributed by atoms with Crippen LogP contribution in [0.4, 0.5) is 0 Å². The van der Waals surface area contributed by atoms with Gasteiger partial charge in [0.2, 0.25) is 5.91 Å². The molecule has 4 heteroatoms. The van der Waals surface area contributed by atoms with Crippen LogP contribution in [0.1, 0.15) is 45.1 Å². The van der Waals surface area contributed by atoms with E-state index in [-0.39, 0.29) is 12.3 Å². The van der Waals surface area contributed by atoms with Gasteiger partial charge in [-0.3, -0.25) is 4.79 Å². The molecule has 0 atom stereocenters. The van der Waals surface area contributed by atoms with Gasteiger partial charge in [0.15, 0.2) is 0 Å². The number of halogens is 1. The molecule has 1 aliphatic rings. The summed E-state index contributed by atoms with van der Waals surface area (Å²) in [6.45, 7) is 4.57. The molecule has 0 radical (unpaired) electrons. The molecule has 22 heavy (non-hydrogen) atoms. The topological polar surface area (TPSA) is 38.3 Å². The van der Waals surface area contributed by atoms with Gasteiger partial charge in [-0.1, -0.05) is 31.5 Å². The van der Waals surface area contributed by atoms with Crippen LogP contribution in [0.3, 0.4) is 0 Å². The molecule has 0 unspecified atom stereocenters. The van der Waals surface area contributed by atoms with Crippen LogP contribution in [-0.2, 0) is 11.2 Å². The second kappa shape index (κ2) is 7.87. The van der Waals surface area contributed by atoms with E-state index in [1.165, 1.54) is 12.8 Å². The number of carbonyl (C=O) groups excluding carboxylic acids is 1. The van der Waals surface area contributed by atoms with E-state index in [1.54, 1.807) is 13.2 Å². The van der Waals surface area contributed by atoms with Gasteiger partial charge < -0.3 is 10.1 Å². The zero-order valence-corrected chi connectivity index (χ0v) is 14.5. The van der Waals surface area contributed by atoms with Crippen molar-refractivity contribution in [3.63, 3.8) is 0 Å². The fraction of sp³-hybridized carbons (Fsp3) is 0.611. The minimum Gasteiger partial charge on any atom is -0.496 e. The van der Waals surface area contributed by atoms with Crippen LogP contribution in [0, 0.1) is 11.8 Å². The molecule has 1 aliphatic carbocycles. The van der Waals surface area contributed by atoms with Gasteiger partial charge in [-0.25, -0.2) is 0 Å². The molecule has 0 aliphatic heterocycles. The normalized spacial score (nSPS) is 21.7. The molecule has 2 rings (SSSR count). The van der Waals surface area contributed by atoms with Gasteiger partial charge in [0.05, 0.1) is 13.5 Å². The van der Waals surface area contributed by atoms with Gasteiger partial charge >= 0.3 is 0 Å². The van der Waals surface area contributed by atoms with Crippen molar-refractivity contribution in [2.75, 3.05) is 7.11 Å². The van der Waals surface area contributed by atoms with Crippen LogP contribution in [-0.4, -0.2) is 19.1 Å². The first-order chi connectivity index (χ1) is 10.5. The van der Waals surface area contributed by atoms with Crippen molar-refractivity contribution in [3.8, 4) is 5.75 Å². The first-order valence-corrected chi connectivity index (χ1v) is 8.49. The van der Waals surface area contributed by atoms with Gasteiger partial charge in [0, 0.05) is 16.6 Å². The van der Waals surface area contributed by atoms with E-state index in [2.05, 4.69) is 19.2 Å². The van der Waals surface area contributed by atoms with E-state index in [0.29, 0.717) is 16.8 Å². The Bertz CT molecular complexity index is 508. The number of methoxy groups -OCH3 is 1. The lowest BCUT2D eigenvalue weighted by atomic mass is 9.79. The third-order valence-electron chi connectivity index (χ3n) is 4.71. The highest BCUT2D eigenvalue weighted by molar-refractivity contribution is 6.31. The number of amides is 1. The molecule has 0 bridgehead atoms. The average Bonchev–Trinajstić information content (AvgIpc) is 2.49. The summed E-state index contributed by atoms with van der Waals surface area (Å²) in [5, 5.41) is 3.73. The molecule has 3 nitrogen and oxygen atoms in total. The minimum atomic E-state index is 0.0272. The van der Waals surface area contributed by atoms with Crippen molar-refractivity contribution in [1.29, 1.82) is 0 Å². The van der Waals surface area contributed by atoms with Crippen LogP contribution in [0.2, 0.25) is 5.02 Å². The number of ether oxygens (including phenoxy) is 1.